The van der Waals surface area contributed by atoms with Gasteiger partial charge in [-0.15, -0.1) is 11.3 Å². The van der Waals surface area contributed by atoms with Crippen LogP contribution in [-0.2, 0) is 10.0 Å². The molecule has 0 saturated heterocycles. The standard InChI is InChI=1S/C18H17FN2O2S2/c1-3-21(25(2,22)23)16-10-6-13(7-11-16)17-12-24-18(20-17)14-4-8-15(19)9-5-14/h4-12H,3H2,1-2H3. The van der Waals surface area contributed by atoms with Gasteiger partial charge in [0, 0.05) is 23.1 Å². The lowest BCUT2D eigenvalue weighted by Crippen LogP contribution is -2.29. The van der Waals surface area contributed by atoms with Gasteiger partial charge >= 0.3 is 0 Å². The van der Waals surface area contributed by atoms with E-state index in [4.69, 9.17) is 0 Å². The van der Waals surface area contributed by atoms with E-state index in [-0.39, 0.29) is 5.82 Å². The van der Waals surface area contributed by atoms with E-state index in [1.165, 1.54) is 34.0 Å². The number of sulfonamides is 1. The molecule has 0 spiro atoms. The van der Waals surface area contributed by atoms with Crippen LogP contribution in [0.4, 0.5) is 10.1 Å². The Labute approximate surface area is 150 Å². The number of anilines is 1. The van der Waals surface area contributed by atoms with Crippen molar-refractivity contribution >= 4 is 27.0 Å². The van der Waals surface area contributed by atoms with Crippen LogP contribution in [0.5, 0.6) is 0 Å². The Morgan fingerprint density at radius 1 is 1.04 bits per heavy atom. The van der Waals surface area contributed by atoms with Gasteiger partial charge < -0.3 is 0 Å². The van der Waals surface area contributed by atoms with Crippen LogP contribution in [0.2, 0.25) is 0 Å². The Balaban J connectivity index is 1.87. The van der Waals surface area contributed by atoms with Crippen LogP contribution in [0.25, 0.3) is 21.8 Å². The van der Waals surface area contributed by atoms with Crippen molar-refractivity contribution in [1.29, 1.82) is 0 Å². The van der Waals surface area contributed by atoms with E-state index in [0.717, 1.165) is 21.8 Å². The molecule has 0 saturated carbocycles. The lowest BCUT2D eigenvalue weighted by atomic mass is 10.1. The number of hydrogen-bond acceptors (Lipinski definition) is 4. The van der Waals surface area contributed by atoms with E-state index in [0.29, 0.717) is 12.2 Å². The Kier molecular flexibility index (Phi) is 4.87. The maximum atomic E-state index is 13.0. The molecule has 1 aromatic heterocycles. The van der Waals surface area contributed by atoms with Crippen molar-refractivity contribution in [3.8, 4) is 21.8 Å². The Bertz CT molecular complexity index is 965. The van der Waals surface area contributed by atoms with Crippen LogP contribution in [0, 0.1) is 5.82 Å². The van der Waals surface area contributed by atoms with Gasteiger partial charge in [-0.1, -0.05) is 12.1 Å². The number of halogens is 1. The van der Waals surface area contributed by atoms with Gasteiger partial charge in [0.2, 0.25) is 10.0 Å². The summed E-state index contributed by atoms with van der Waals surface area (Å²) in [5, 5.41) is 2.74. The molecule has 0 amide bonds. The monoisotopic (exact) mass is 376 g/mol. The summed E-state index contributed by atoms with van der Waals surface area (Å²) in [6.45, 7) is 2.17. The SMILES string of the molecule is CCN(c1ccc(-c2csc(-c3ccc(F)cc3)n2)cc1)S(C)(=O)=O. The molecule has 3 rings (SSSR count). The van der Waals surface area contributed by atoms with Gasteiger partial charge in [-0.05, 0) is 43.3 Å². The number of hydrogen-bond donors (Lipinski definition) is 0. The smallest absolute Gasteiger partial charge is 0.232 e. The van der Waals surface area contributed by atoms with Crippen LogP contribution in [0.1, 0.15) is 6.92 Å². The Hall–Kier alpha value is -2.25. The largest absolute Gasteiger partial charge is 0.271 e. The van der Waals surface area contributed by atoms with Crippen molar-refractivity contribution in [1.82, 2.24) is 4.98 Å². The normalized spacial score (nSPS) is 11.5. The van der Waals surface area contributed by atoms with Crippen LogP contribution in [0.3, 0.4) is 0 Å². The fourth-order valence-corrected chi connectivity index (χ4v) is 4.35. The lowest BCUT2D eigenvalue weighted by Gasteiger charge is -2.20. The highest BCUT2D eigenvalue weighted by atomic mass is 32.2. The van der Waals surface area contributed by atoms with Gasteiger partial charge in [-0.2, -0.15) is 0 Å². The zero-order chi connectivity index (χ0) is 18.0. The first kappa shape index (κ1) is 17.6. The minimum atomic E-state index is -3.29. The quantitative estimate of drug-likeness (QED) is 0.663. The molecule has 0 aliphatic carbocycles. The number of aromatic nitrogens is 1. The van der Waals surface area contributed by atoms with E-state index >= 15 is 0 Å². The molecule has 0 fully saturated rings. The second-order valence-corrected chi connectivity index (χ2v) is 8.28. The molecule has 3 aromatic rings. The molecular weight excluding hydrogens is 359 g/mol. The first-order chi connectivity index (χ1) is 11.9. The molecule has 1 heterocycles. The average Bonchev–Trinajstić information content (AvgIpc) is 3.05. The van der Waals surface area contributed by atoms with Gasteiger partial charge in [0.25, 0.3) is 0 Å². The molecule has 0 aliphatic rings. The summed E-state index contributed by atoms with van der Waals surface area (Å²) in [5.74, 6) is -0.275. The third kappa shape index (κ3) is 3.88. The predicted octanol–water partition coefficient (Wildman–Crippen LogP) is 4.40. The Morgan fingerprint density at radius 3 is 2.20 bits per heavy atom. The molecule has 4 nitrogen and oxygen atoms in total. The Morgan fingerprint density at radius 2 is 1.64 bits per heavy atom. The highest BCUT2D eigenvalue weighted by molar-refractivity contribution is 7.92. The van der Waals surface area contributed by atoms with Crippen LogP contribution in [-0.4, -0.2) is 26.2 Å². The molecule has 130 valence electrons. The average molecular weight is 376 g/mol. The zero-order valence-electron chi connectivity index (χ0n) is 13.8. The minimum absolute atomic E-state index is 0.275. The predicted molar refractivity (Wildman–Crippen MR) is 101 cm³/mol. The van der Waals surface area contributed by atoms with E-state index in [2.05, 4.69) is 4.98 Å². The molecule has 0 aliphatic heterocycles. The molecule has 0 radical (unpaired) electrons. The van der Waals surface area contributed by atoms with Gasteiger partial charge in [0.15, 0.2) is 0 Å². The summed E-state index contributed by atoms with van der Waals surface area (Å²) in [6, 6.07) is 13.5. The number of rotatable bonds is 5. The number of benzene rings is 2. The number of thiazole rings is 1. The van der Waals surface area contributed by atoms with Crippen molar-refractivity contribution < 1.29 is 12.8 Å². The molecular formula is C18H17FN2O2S2. The third-order valence-electron chi connectivity index (χ3n) is 3.73. The van der Waals surface area contributed by atoms with Crippen molar-refractivity contribution in [3.63, 3.8) is 0 Å². The molecule has 0 atom stereocenters. The first-order valence-corrected chi connectivity index (χ1v) is 10.4. The molecule has 25 heavy (non-hydrogen) atoms. The second-order valence-electron chi connectivity index (χ2n) is 5.52. The zero-order valence-corrected chi connectivity index (χ0v) is 15.4. The van der Waals surface area contributed by atoms with Gasteiger partial charge in [-0.25, -0.2) is 17.8 Å². The van der Waals surface area contributed by atoms with Crippen molar-refractivity contribution in [3.05, 3.63) is 59.7 Å². The highest BCUT2D eigenvalue weighted by Crippen LogP contribution is 2.30. The van der Waals surface area contributed by atoms with Crippen molar-refractivity contribution in [2.24, 2.45) is 0 Å². The van der Waals surface area contributed by atoms with Crippen molar-refractivity contribution in [2.75, 3.05) is 17.1 Å². The van der Waals surface area contributed by atoms with Crippen molar-refractivity contribution in [2.45, 2.75) is 6.92 Å². The van der Waals surface area contributed by atoms with Gasteiger partial charge in [0.05, 0.1) is 17.6 Å². The molecule has 0 N–H and O–H groups in total. The summed E-state index contributed by atoms with van der Waals surface area (Å²) >= 11 is 1.48. The van der Waals surface area contributed by atoms with Crippen LogP contribution < -0.4 is 4.31 Å². The molecule has 2 aromatic carbocycles. The van der Waals surface area contributed by atoms with E-state index in [9.17, 15) is 12.8 Å². The van der Waals surface area contributed by atoms with Crippen LogP contribution in [0.15, 0.2) is 53.9 Å². The van der Waals surface area contributed by atoms with Gasteiger partial charge in [-0.3, -0.25) is 4.31 Å². The van der Waals surface area contributed by atoms with E-state index in [1.54, 1.807) is 31.2 Å². The summed E-state index contributed by atoms with van der Waals surface area (Å²) in [5.41, 5.74) is 3.20. The second kappa shape index (κ2) is 6.93. The first-order valence-electron chi connectivity index (χ1n) is 7.68. The van der Waals surface area contributed by atoms with E-state index in [1.807, 2.05) is 17.5 Å². The minimum Gasteiger partial charge on any atom is -0.271 e. The lowest BCUT2D eigenvalue weighted by molar-refractivity contribution is 0.598. The fourth-order valence-electron chi connectivity index (χ4n) is 2.54. The van der Waals surface area contributed by atoms with Gasteiger partial charge in [0.1, 0.15) is 10.8 Å². The maximum Gasteiger partial charge on any atom is 0.232 e. The fraction of sp³-hybridized carbons (Fsp3) is 0.167. The molecule has 0 bridgehead atoms. The summed E-state index contributed by atoms with van der Waals surface area (Å²) < 4.78 is 38.0. The van der Waals surface area contributed by atoms with Crippen LogP contribution >= 0.6 is 11.3 Å². The number of nitrogens with zero attached hydrogens (tertiary/aromatic N) is 2. The molecule has 0 unspecified atom stereocenters. The summed E-state index contributed by atoms with van der Waals surface area (Å²) in [6.07, 6.45) is 1.19. The molecule has 7 heteroatoms. The summed E-state index contributed by atoms with van der Waals surface area (Å²) in [7, 11) is -3.29. The third-order valence-corrected chi connectivity index (χ3v) is 5.89. The maximum absolute atomic E-state index is 13.0. The van der Waals surface area contributed by atoms with E-state index < -0.39 is 10.0 Å². The highest BCUT2D eigenvalue weighted by Gasteiger charge is 2.15. The topological polar surface area (TPSA) is 50.3 Å². The summed E-state index contributed by atoms with van der Waals surface area (Å²) in [4.78, 5) is 4.59.